The molecule has 0 N–H and O–H groups in total. The zero-order valence-electron chi connectivity index (χ0n) is 8.61. The molecule has 0 saturated carbocycles. The third kappa shape index (κ3) is 3.35. The highest BCUT2D eigenvalue weighted by Gasteiger charge is 2.09. The van der Waals surface area contributed by atoms with E-state index < -0.39 is 0 Å². The Labute approximate surface area is 111 Å². The third-order valence-electron chi connectivity index (χ3n) is 2.06. The summed E-state index contributed by atoms with van der Waals surface area (Å²) < 4.78 is 3.54. The van der Waals surface area contributed by atoms with Crippen LogP contribution < -0.4 is 21.2 Å². The van der Waals surface area contributed by atoms with Gasteiger partial charge in [-0.25, -0.2) is 0 Å². The molecular weight excluding hydrogens is 331 g/mol. The Kier molecular flexibility index (Phi) is 4.43. The zero-order valence-corrected chi connectivity index (χ0v) is 11.5. The van der Waals surface area contributed by atoms with E-state index in [1.165, 1.54) is 3.57 Å². The van der Waals surface area contributed by atoms with Gasteiger partial charge in [0.25, 0.3) is 0 Å². The van der Waals surface area contributed by atoms with Crippen LogP contribution in [0.15, 0.2) is 64.7 Å². The second kappa shape index (κ2) is 6.06. The Hall–Kier alpha value is -0.800. The van der Waals surface area contributed by atoms with E-state index in [2.05, 4.69) is 28.3 Å². The molecule has 2 aromatic rings. The van der Waals surface area contributed by atoms with Crippen molar-refractivity contribution in [1.82, 2.24) is 0 Å². The molecule has 0 aliphatic heterocycles. The van der Waals surface area contributed by atoms with Gasteiger partial charge >= 0.3 is 21.2 Å². The van der Waals surface area contributed by atoms with Gasteiger partial charge in [0.15, 0.2) is 7.65 Å². The van der Waals surface area contributed by atoms with Crippen molar-refractivity contribution in [3.8, 4) is 0 Å². The normalized spacial score (nSPS) is 11.4. The molecule has 2 heteroatoms. The smallest absolute Gasteiger partial charge is 0.0794 e. The summed E-state index contributed by atoms with van der Waals surface area (Å²) in [5.74, 6) is 0. The summed E-state index contributed by atoms with van der Waals surface area (Å²) >= 11 is 6.11. The number of benzene rings is 2. The summed E-state index contributed by atoms with van der Waals surface area (Å²) in [5, 5.41) is 0.859. The molecule has 0 aliphatic carbocycles. The largest absolute Gasteiger partial charge is 0.351 e. The van der Waals surface area contributed by atoms with Gasteiger partial charge in [-0.3, -0.25) is 0 Å². The van der Waals surface area contributed by atoms with Crippen LogP contribution in [0.2, 0.25) is 0 Å². The van der Waals surface area contributed by atoms with Gasteiger partial charge in [-0.2, -0.15) is 0 Å². The molecule has 2 aromatic carbocycles. The van der Waals surface area contributed by atoms with E-state index in [9.17, 15) is 0 Å². The van der Waals surface area contributed by atoms with E-state index in [0.717, 1.165) is 10.6 Å². The van der Waals surface area contributed by atoms with Gasteiger partial charge in [-0.05, 0) is 17.7 Å². The Morgan fingerprint density at radius 2 is 1.44 bits per heavy atom. The topological polar surface area (TPSA) is 0 Å². The van der Waals surface area contributed by atoms with Crippen molar-refractivity contribution < 1.29 is 21.2 Å². The fourth-order valence-corrected chi connectivity index (χ4v) is 3.48. The molecule has 0 unspecified atom stereocenters. The van der Waals surface area contributed by atoms with Crippen molar-refractivity contribution in [2.45, 2.75) is 0 Å². The van der Waals surface area contributed by atoms with Crippen LogP contribution in [0.3, 0.4) is 0 Å². The average molecular weight is 342 g/mol. The molecule has 0 fully saturated rings. The number of hydrogen-bond donors (Lipinski definition) is 0. The Morgan fingerprint density at radius 3 is 2.06 bits per heavy atom. The van der Waals surface area contributed by atoms with Crippen LogP contribution in [0.5, 0.6) is 0 Å². The number of rotatable bonds is 3. The first-order valence-corrected chi connectivity index (χ1v) is 7.66. The summed E-state index contributed by atoms with van der Waals surface area (Å²) in [7, 11) is 0. The highest BCUT2D eigenvalue weighted by atomic mass is 127. The van der Waals surface area contributed by atoms with Crippen LogP contribution in [0, 0.1) is 3.57 Å². The minimum atomic E-state index is -0.133. The zero-order chi connectivity index (χ0) is 11.2. The van der Waals surface area contributed by atoms with Crippen molar-refractivity contribution in [2.75, 3.05) is 0 Å². The van der Waals surface area contributed by atoms with E-state index >= 15 is 0 Å². The van der Waals surface area contributed by atoms with Crippen molar-refractivity contribution in [2.24, 2.45) is 0 Å². The van der Waals surface area contributed by atoms with Gasteiger partial charge in [0.1, 0.15) is 0 Å². The summed E-state index contributed by atoms with van der Waals surface area (Å²) in [4.78, 5) is 0. The highest BCUT2D eigenvalue weighted by molar-refractivity contribution is 6.48. The fourth-order valence-electron chi connectivity index (χ4n) is 1.26. The lowest BCUT2D eigenvalue weighted by molar-refractivity contribution is -0.555. The van der Waals surface area contributed by atoms with E-state index in [-0.39, 0.29) is 21.2 Å². The molecule has 16 heavy (non-hydrogen) atoms. The minimum Gasteiger partial charge on any atom is -0.0794 e. The molecule has 0 aromatic heterocycles. The van der Waals surface area contributed by atoms with Crippen molar-refractivity contribution in [1.29, 1.82) is 0 Å². The van der Waals surface area contributed by atoms with Crippen molar-refractivity contribution in [3.05, 3.63) is 73.9 Å². The average Bonchev–Trinajstić information content (AvgIpc) is 2.38. The summed E-state index contributed by atoms with van der Waals surface area (Å²) in [6, 6.07) is 20.6. The Balaban J connectivity index is 2.09. The molecule has 0 atom stereocenters. The predicted molar refractivity (Wildman–Crippen MR) is 65.4 cm³/mol. The van der Waals surface area contributed by atoms with Gasteiger partial charge in [-0.1, -0.05) is 60.1 Å². The van der Waals surface area contributed by atoms with Gasteiger partial charge in [0.2, 0.25) is 0 Å². The lowest BCUT2D eigenvalue weighted by atomic mass is 10.2. The second-order valence-corrected chi connectivity index (χ2v) is 6.13. The lowest BCUT2D eigenvalue weighted by Gasteiger charge is -1.93. The molecule has 0 amide bonds. The minimum absolute atomic E-state index is 0.133. The Bertz CT molecular complexity index is 463. The third-order valence-corrected chi connectivity index (χ3v) is 5.13. The van der Waals surface area contributed by atoms with Gasteiger partial charge in [-0.15, -0.1) is 0 Å². The van der Waals surface area contributed by atoms with Crippen molar-refractivity contribution >= 4 is 16.6 Å². The quantitative estimate of drug-likeness (QED) is 0.736. The van der Waals surface area contributed by atoms with E-state index in [1.807, 2.05) is 36.4 Å². The molecule has 0 bridgehead atoms. The summed E-state index contributed by atoms with van der Waals surface area (Å²) in [6.07, 6.45) is 0. The monoisotopic (exact) mass is 341 g/mol. The molecule has 2 rings (SSSR count). The molecular formula is C14H11ClI+. The number of hydrogen-bond acceptors (Lipinski definition) is 0. The molecule has 0 radical (unpaired) electrons. The van der Waals surface area contributed by atoms with Crippen LogP contribution in [0.1, 0.15) is 5.56 Å². The predicted octanol–water partition coefficient (Wildman–Crippen LogP) is 1.18. The van der Waals surface area contributed by atoms with Crippen LogP contribution >= 0.6 is 11.6 Å². The number of halogens is 2. The van der Waals surface area contributed by atoms with Crippen LogP contribution in [-0.2, 0) is 0 Å². The van der Waals surface area contributed by atoms with Crippen LogP contribution in [0.25, 0.3) is 5.03 Å². The summed E-state index contributed by atoms with van der Waals surface area (Å²) in [5.41, 5.74) is 1.10. The van der Waals surface area contributed by atoms with E-state index in [0.29, 0.717) is 0 Å². The first kappa shape index (κ1) is 11.7. The van der Waals surface area contributed by atoms with Gasteiger partial charge in [0, 0.05) is 0 Å². The molecule has 0 nitrogen and oxygen atoms in total. The second-order valence-electron chi connectivity index (χ2n) is 3.23. The van der Waals surface area contributed by atoms with E-state index in [4.69, 9.17) is 11.6 Å². The molecule has 0 aliphatic rings. The fraction of sp³-hybridized carbons (Fsp3) is 0. The van der Waals surface area contributed by atoms with Gasteiger partial charge in [0.05, 0.1) is 5.03 Å². The Morgan fingerprint density at radius 1 is 0.875 bits per heavy atom. The maximum atomic E-state index is 6.24. The first-order chi connectivity index (χ1) is 7.86. The summed E-state index contributed by atoms with van der Waals surface area (Å²) in [6.45, 7) is 0. The van der Waals surface area contributed by atoms with Crippen LogP contribution in [0.4, 0.5) is 0 Å². The lowest BCUT2D eigenvalue weighted by Crippen LogP contribution is -3.59. The van der Waals surface area contributed by atoms with Gasteiger partial charge < -0.3 is 0 Å². The molecule has 80 valence electrons. The maximum Gasteiger partial charge on any atom is 0.351 e. The first-order valence-electron chi connectivity index (χ1n) is 4.96. The SMILES string of the molecule is Cl/C(=C\[I+]c1ccccc1)c1ccccc1. The maximum absolute atomic E-state index is 6.24. The standard InChI is InChI=1S/C14H11ClI/c15-14(12-7-3-1-4-8-12)11-16-13-9-5-2-6-10-13/h1-11H/q+1/b14-11-. The molecule has 0 saturated heterocycles. The van der Waals surface area contributed by atoms with Crippen LogP contribution in [-0.4, -0.2) is 0 Å². The molecule has 0 spiro atoms. The highest BCUT2D eigenvalue weighted by Crippen LogP contribution is 2.15. The van der Waals surface area contributed by atoms with E-state index in [1.54, 1.807) is 0 Å². The molecule has 0 heterocycles. The van der Waals surface area contributed by atoms with Crippen molar-refractivity contribution in [3.63, 3.8) is 0 Å².